The summed E-state index contributed by atoms with van der Waals surface area (Å²) in [5.41, 5.74) is 2.43. The molecule has 1 aromatic rings. The Bertz CT molecular complexity index is 454. The number of nitrogens with zero attached hydrogens (tertiary/aromatic N) is 1. The van der Waals surface area contributed by atoms with Crippen molar-refractivity contribution in [1.29, 1.82) is 0 Å². The fourth-order valence-corrected chi connectivity index (χ4v) is 3.23. The number of anilines is 1. The standard InChI is InChI=1S/C17H27ClN2O/c1-12(2)8-19-9-15-6-5-7-16(18)17(15)20-10-13(3)21-14(4)11-20/h5-7,12-14,19H,8-11H2,1-4H3/t13-,14+. The van der Waals surface area contributed by atoms with Crippen molar-refractivity contribution < 1.29 is 4.74 Å². The maximum Gasteiger partial charge on any atom is 0.0726 e. The SMILES string of the molecule is CC(C)CNCc1cccc(Cl)c1N1C[C@@H](C)O[C@@H](C)C1. The molecule has 1 fully saturated rings. The van der Waals surface area contributed by atoms with Gasteiger partial charge in [0.15, 0.2) is 0 Å². The molecule has 2 atom stereocenters. The summed E-state index contributed by atoms with van der Waals surface area (Å²) in [5.74, 6) is 0.649. The van der Waals surface area contributed by atoms with Crippen molar-refractivity contribution in [2.75, 3.05) is 24.5 Å². The van der Waals surface area contributed by atoms with Crippen molar-refractivity contribution in [3.8, 4) is 0 Å². The molecule has 0 amide bonds. The van der Waals surface area contributed by atoms with Crippen LogP contribution in [0.3, 0.4) is 0 Å². The molecule has 4 heteroatoms. The molecule has 2 rings (SSSR count). The molecule has 1 aromatic carbocycles. The summed E-state index contributed by atoms with van der Waals surface area (Å²) in [6.45, 7) is 12.3. The highest BCUT2D eigenvalue weighted by molar-refractivity contribution is 6.33. The minimum Gasteiger partial charge on any atom is -0.372 e. The lowest BCUT2D eigenvalue weighted by Crippen LogP contribution is -2.46. The van der Waals surface area contributed by atoms with Gasteiger partial charge in [0.1, 0.15) is 0 Å². The van der Waals surface area contributed by atoms with E-state index in [1.54, 1.807) is 0 Å². The van der Waals surface area contributed by atoms with E-state index in [9.17, 15) is 0 Å². The van der Waals surface area contributed by atoms with Crippen molar-refractivity contribution in [1.82, 2.24) is 5.32 Å². The molecular weight excluding hydrogens is 284 g/mol. The van der Waals surface area contributed by atoms with Crippen LogP contribution in [0.15, 0.2) is 18.2 Å². The van der Waals surface area contributed by atoms with E-state index >= 15 is 0 Å². The number of benzene rings is 1. The molecule has 0 saturated carbocycles. The van der Waals surface area contributed by atoms with Crippen LogP contribution < -0.4 is 10.2 Å². The van der Waals surface area contributed by atoms with Gasteiger partial charge in [0.05, 0.1) is 22.9 Å². The first-order valence-corrected chi connectivity index (χ1v) is 8.23. The average molecular weight is 311 g/mol. The second-order valence-corrected chi connectivity index (χ2v) is 6.84. The van der Waals surface area contributed by atoms with E-state index in [0.717, 1.165) is 36.9 Å². The van der Waals surface area contributed by atoms with Gasteiger partial charge in [-0.15, -0.1) is 0 Å². The van der Waals surface area contributed by atoms with Crippen LogP contribution in [0.25, 0.3) is 0 Å². The molecule has 0 unspecified atom stereocenters. The number of morpholine rings is 1. The number of hydrogen-bond donors (Lipinski definition) is 1. The highest BCUT2D eigenvalue weighted by Gasteiger charge is 2.25. The van der Waals surface area contributed by atoms with Crippen LogP contribution in [0, 0.1) is 5.92 Å². The molecule has 21 heavy (non-hydrogen) atoms. The highest BCUT2D eigenvalue weighted by atomic mass is 35.5. The second kappa shape index (κ2) is 7.48. The molecule has 1 aliphatic rings. The summed E-state index contributed by atoms with van der Waals surface area (Å²) in [6, 6.07) is 6.18. The fourth-order valence-electron chi connectivity index (χ4n) is 2.91. The molecule has 1 heterocycles. The van der Waals surface area contributed by atoms with Crippen LogP contribution in [0.4, 0.5) is 5.69 Å². The zero-order valence-corrected chi connectivity index (χ0v) is 14.3. The van der Waals surface area contributed by atoms with Gasteiger partial charge in [-0.3, -0.25) is 0 Å². The zero-order chi connectivity index (χ0) is 15.4. The van der Waals surface area contributed by atoms with Crippen LogP contribution in [-0.4, -0.2) is 31.8 Å². The van der Waals surface area contributed by atoms with Gasteiger partial charge in [-0.2, -0.15) is 0 Å². The Labute approximate surface area is 133 Å². The summed E-state index contributed by atoms with van der Waals surface area (Å²) < 4.78 is 5.83. The lowest BCUT2D eigenvalue weighted by atomic mass is 10.1. The van der Waals surface area contributed by atoms with E-state index in [1.165, 1.54) is 5.56 Å². The average Bonchev–Trinajstić information content (AvgIpc) is 2.37. The van der Waals surface area contributed by atoms with Crippen molar-refractivity contribution in [3.05, 3.63) is 28.8 Å². The van der Waals surface area contributed by atoms with E-state index in [2.05, 4.69) is 44.0 Å². The molecule has 118 valence electrons. The summed E-state index contributed by atoms with van der Waals surface area (Å²) in [5, 5.41) is 4.35. The van der Waals surface area contributed by atoms with E-state index in [4.69, 9.17) is 16.3 Å². The predicted octanol–water partition coefficient (Wildman–Crippen LogP) is 3.70. The Morgan fingerprint density at radius 2 is 1.95 bits per heavy atom. The van der Waals surface area contributed by atoms with Crippen molar-refractivity contribution in [2.24, 2.45) is 5.92 Å². The topological polar surface area (TPSA) is 24.5 Å². The first-order chi connectivity index (χ1) is 9.97. The van der Waals surface area contributed by atoms with Crippen molar-refractivity contribution >= 4 is 17.3 Å². The normalized spacial score (nSPS) is 22.9. The Morgan fingerprint density at radius 1 is 1.29 bits per heavy atom. The van der Waals surface area contributed by atoms with Gasteiger partial charge in [0, 0.05) is 19.6 Å². The number of para-hydroxylation sites is 1. The molecule has 1 aliphatic heterocycles. The van der Waals surface area contributed by atoms with Crippen LogP contribution in [0.1, 0.15) is 33.3 Å². The number of nitrogens with one attached hydrogen (secondary N) is 1. The van der Waals surface area contributed by atoms with Crippen LogP contribution in [0.5, 0.6) is 0 Å². The Balaban J connectivity index is 2.16. The summed E-state index contributed by atoms with van der Waals surface area (Å²) in [4.78, 5) is 2.37. The lowest BCUT2D eigenvalue weighted by Gasteiger charge is -2.38. The molecule has 1 saturated heterocycles. The summed E-state index contributed by atoms with van der Waals surface area (Å²) >= 11 is 6.49. The quantitative estimate of drug-likeness (QED) is 0.897. The maximum atomic E-state index is 6.49. The molecule has 0 radical (unpaired) electrons. The van der Waals surface area contributed by atoms with Crippen LogP contribution in [0.2, 0.25) is 5.02 Å². The number of ether oxygens (including phenoxy) is 1. The number of rotatable bonds is 5. The monoisotopic (exact) mass is 310 g/mol. The zero-order valence-electron chi connectivity index (χ0n) is 13.5. The third kappa shape index (κ3) is 4.60. The summed E-state index contributed by atoms with van der Waals surface area (Å²) in [7, 11) is 0. The first-order valence-electron chi connectivity index (χ1n) is 7.86. The largest absolute Gasteiger partial charge is 0.372 e. The van der Waals surface area contributed by atoms with E-state index < -0.39 is 0 Å². The smallest absolute Gasteiger partial charge is 0.0726 e. The van der Waals surface area contributed by atoms with Gasteiger partial charge in [0.2, 0.25) is 0 Å². The fraction of sp³-hybridized carbons (Fsp3) is 0.647. The van der Waals surface area contributed by atoms with E-state index in [-0.39, 0.29) is 12.2 Å². The molecule has 3 nitrogen and oxygen atoms in total. The van der Waals surface area contributed by atoms with Crippen LogP contribution >= 0.6 is 11.6 Å². The lowest BCUT2D eigenvalue weighted by molar-refractivity contribution is -0.00525. The Hall–Kier alpha value is -0.770. The molecule has 1 N–H and O–H groups in total. The highest BCUT2D eigenvalue weighted by Crippen LogP contribution is 2.32. The van der Waals surface area contributed by atoms with Gasteiger partial charge < -0.3 is 15.0 Å². The number of halogens is 1. The van der Waals surface area contributed by atoms with E-state index in [0.29, 0.717) is 5.92 Å². The van der Waals surface area contributed by atoms with Gasteiger partial charge in [0.25, 0.3) is 0 Å². The van der Waals surface area contributed by atoms with Gasteiger partial charge in [-0.05, 0) is 37.9 Å². The van der Waals surface area contributed by atoms with Crippen molar-refractivity contribution in [3.63, 3.8) is 0 Å². The predicted molar refractivity (Wildman–Crippen MR) is 90.2 cm³/mol. The molecular formula is C17H27ClN2O. The third-order valence-corrected chi connectivity index (χ3v) is 3.98. The number of hydrogen-bond acceptors (Lipinski definition) is 3. The first kappa shape index (κ1) is 16.6. The van der Waals surface area contributed by atoms with Crippen molar-refractivity contribution in [2.45, 2.75) is 46.4 Å². The summed E-state index contributed by atoms with van der Waals surface area (Å²) in [6.07, 6.45) is 0.475. The van der Waals surface area contributed by atoms with Gasteiger partial charge >= 0.3 is 0 Å². The van der Waals surface area contributed by atoms with Gasteiger partial charge in [-0.1, -0.05) is 37.6 Å². The molecule has 0 bridgehead atoms. The second-order valence-electron chi connectivity index (χ2n) is 6.43. The third-order valence-electron chi connectivity index (χ3n) is 3.67. The van der Waals surface area contributed by atoms with Crippen LogP contribution in [-0.2, 0) is 11.3 Å². The van der Waals surface area contributed by atoms with E-state index in [1.807, 2.05) is 12.1 Å². The minimum absolute atomic E-state index is 0.237. The van der Waals surface area contributed by atoms with Gasteiger partial charge in [-0.25, -0.2) is 0 Å². The molecule has 0 aromatic heterocycles. The molecule has 0 spiro atoms. The maximum absolute atomic E-state index is 6.49. The minimum atomic E-state index is 0.237. The Morgan fingerprint density at radius 3 is 2.57 bits per heavy atom. The molecule has 0 aliphatic carbocycles. The Kier molecular flexibility index (Phi) is 5.91.